The van der Waals surface area contributed by atoms with Gasteiger partial charge in [0.15, 0.2) is 0 Å². The molecule has 1 rings (SSSR count). The summed E-state index contributed by atoms with van der Waals surface area (Å²) in [6, 6.07) is 2.00. The van der Waals surface area contributed by atoms with E-state index in [0.29, 0.717) is 0 Å². The lowest BCUT2D eigenvalue weighted by molar-refractivity contribution is -0.151. The summed E-state index contributed by atoms with van der Waals surface area (Å²) in [6.45, 7) is 2.86. The Morgan fingerprint density at radius 1 is 1.25 bits per heavy atom. The van der Waals surface area contributed by atoms with E-state index < -0.39 is 29.3 Å². The monoisotopic (exact) mass is 286 g/mol. The maximum Gasteiger partial charge on any atom is 0.316 e. The van der Waals surface area contributed by atoms with E-state index in [1.54, 1.807) is 6.92 Å². The zero-order valence-electron chi connectivity index (χ0n) is 11.5. The molecule has 0 aromatic heterocycles. The molecular weight excluding hydrogens is 270 g/mol. The predicted octanol–water partition coefficient (Wildman–Crippen LogP) is 2.28. The second-order valence-electron chi connectivity index (χ2n) is 4.19. The summed E-state index contributed by atoms with van der Waals surface area (Å²) >= 11 is 0. The molecule has 0 bridgehead atoms. The quantitative estimate of drug-likeness (QED) is 0.594. The second-order valence-corrected chi connectivity index (χ2v) is 4.19. The standard InChI is InChI=1S/C14H16F2O4/c1-4-20-14(18)10(8(2)17)7-11-12(15)5-9(19-3)6-13(11)16/h5-6,10H,4,7H2,1-3H3. The number of hydrogen-bond donors (Lipinski definition) is 0. The van der Waals surface area contributed by atoms with Crippen molar-refractivity contribution in [3.63, 3.8) is 0 Å². The third-order valence-electron chi connectivity index (χ3n) is 2.82. The average Bonchev–Trinajstić information content (AvgIpc) is 2.37. The lowest BCUT2D eigenvalue weighted by Crippen LogP contribution is -2.27. The first kappa shape index (κ1) is 16.1. The highest BCUT2D eigenvalue weighted by Gasteiger charge is 2.28. The molecule has 0 N–H and O–H groups in total. The molecule has 0 saturated heterocycles. The number of Topliss-reactive ketones (excluding diaryl/α,β-unsaturated/α-hetero) is 1. The first-order chi connectivity index (χ1) is 9.40. The average molecular weight is 286 g/mol. The Morgan fingerprint density at radius 3 is 2.20 bits per heavy atom. The molecule has 0 aliphatic rings. The van der Waals surface area contributed by atoms with E-state index >= 15 is 0 Å². The Labute approximate surface area is 115 Å². The molecule has 0 saturated carbocycles. The molecule has 110 valence electrons. The molecule has 0 amide bonds. The summed E-state index contributed by atoms with van der Waals surface area (Å²) in [5, 5.41) is 0. The number of rotatable bonds is 6. The van der Waals surface area contributed by atoms with E-state index in [0.717, 1.165) is 12.1 Å². The number of benzene rings is 1. The second kappa shape index (κ2) is 6.98. The van der Waals surface area contributed by atoms with Gasteiger partial charge in [-0.1, -0.05) is 0 Å². The van der Waals surface area contributed by atoms with E-state index in [1.807, 2.05) is 0 Å². The predicted molar refractivity (Wildman–Crippen MR) is 67.4 cm³/mol. The number of carbonyl (C=O) groups is 2. The number of hydrogen-bond acceptors (Lipinski definition) is 4. The number of carbonyl (C=O) groups excluding carboxylic acids is 2. The number of ketones is 1. The van der Waals surface area contributed by atoms with E-state index in [9.17, 15) is 18.4 Å². The minimum atomic E-state index is -1.22. The molecule has 0 aliphatic heterocycles. The first-order valence-electron chi connectivity index (χ1n) is 6.09. The van der Waals surface area contributed by atoms with E-state index in [4.69, 9.17) is 9.47 Å². The van der Waals surface area contributed by atoms with Crippen molar-refractivity contribution in [2.24, 2.45) is 5.92 Å². The van der Waals surface area contributed by atoms with Gasteiger partial charge in [-0.15, -0.1) is 0 Å². The highest BCUT2D eigenvalue weighted by molar-refractivity contribution is 5.98. The highest BCUT2D eigenvalue weighted by atomic mass is 19.1. The Balaban J connectivity index is 3.06. The topological polar surface area (TPSA) is 52.6 Å². The van der Waals surface area contributed by atoms with Gasteiger partial charge in [0.2, 0.25) is 0 Å². The summed E-state index contributed by atoms with van der Waals surface area (Å²) in [5.41, 5.74) is -0.334. The molecule has 0 radical (unpaired) electrons. The van der Waals surface area contributed by atoms with E-state index in [-0.39, 0.29) is 24.3 Å². The van der Waals surface area contributed by atoms with Crippen LogP contribution in [0.3, 0.4) is 0 Å². The Morgan fingerprint density at radius 2 is 1.80 bits per heavy atom. The van der Waals surface area contributed by atoms with Crippen molar-refractivity contribution in [3.8, 4) is 5.75 Å². The lowest BCUT2D eigenvalue weighted by Gasteiger charge is -2.14. The van der Waals surface area contributed by atoms with Gasteiger partial charge >= 0.3 is 5.97 Å². The molecule has 1 atom stereocenters. The van der Waals surface area contributed by atoms with Gasteiger partial charge < -0.3 is 9.47 Å². The van der Waals surface area contributed by atoms with Crippen LogP contribution in [0.25, 0.3) is 0 Å². The molecule has 0 spiro atoms. The zero-order valence-corrected chi connectivity index (χ0v) is 11.5. The van der Waals surface area contributed by atoms with Crippen LogP contribution in [-0.2, 0) is 20.7 Å². The lowest BCUT2D eigenvalue weighted by atomic mass is 9.95. The normalized spacial score (nSPS) is 11.8. The molecule has 1 unspecified atom stereocenters. The van der Waals surface area contributed by atoms with Crippen molar-refractivity contribution >= 4 is 11.8 Å². The van der Waals surface area contributed by atoms with Crippen LogP contribution >= 0.6 is 0 Å². The van der Waals surface area contributed by atoms with Crippen molar-refractivity contribution in [2.45, 2.75) is 20.3 Å². The van der Waals surface area contributed by atoms with Gasteiger partial charge in [-0.2, -0.15) is 0 Å². The minimum Gasteiger partial charge on any atom is -0.497 e. The minimum absolute atomic E-state index is 0.0271. The fraction of sp³-hybridized carbons (Fsp3) is 0.429. The number of esters is 1. The van der Waals surface area contributed by atoms with Crippen LogP contribution < -0.4 is 4.74 Å². The van der Waals surface area contributed by atoms with Gasteiger partial charge in [0, 0.05) is 17.7 Å². The van der Waals surface area contributed by atoms with Crippen LogP contribution in [-0.4, -0.2) is 25.5 Å². The maximum absolute atomic E-state index is 13.8. The molecule has 4 nitrogen and oxygen atoms in total. The molecule has 0 aliphatic carbocycles. The molecule has 6 heteroatoms. The van der Waals surface area contributed by atoms with Crippen LogP contribution in [0.15, 0.2) is 12.1 Å². The van der Waals surface area contributed by atoms with Gasteiger partial charge in [0.05, 0.1) is 13.7 Å². The molecule has 1 aromatic carbocycles. The number of ether oxygens (including phenoxy) is 2. The smallest absolute Gasteiger partial charge is 0.316 e. The number of halogens is 2. The van der Waals surface area contributed by atoms with Crippen molar-refractivity contribution < 1.29 is 27.8 Å². The van der Waals surface area contributed by atoms with Crippen molar-refractivity contribution in [1.29, 1.82) is 0 Å². The van der Waals surface area contributed by atoms with Crippen LogP contribution in [0.1, 0.15) is 19.4 Å². The van der Waals surface area contributed by atoms with Gasteiger partial charge in [0.1, 0.15) is 29.1 Å². The van der Waals surface area contributed by atoms with Crippen LogP contribution in [0.2, 0.25) is 0 Å². The van der Waals surface area contributed by atoms with E-state index in [2.05, 4.69) is 0 Å². The third kappa shape index (κ3) is 3.76. The van der Waals surface area contributed by atoms with Crippen molar-refractivity contribution in [2.75, 3.05) is 13.7 Å². The zero-order chi connectivity index (χ0) is 15.3. The fourth-order valence-corrected chi connectivity index (χ4v) is 1.73. The molecule has 0 heterocycles. The van der Waals surface area contributed by atoms with Gasteiger partial charge in [-0.3, -0.25) is 9.59 Å². The fourth-order valence-electron chi connectivity index (χ4n) is 1.73. The van der Waals surface area contributed by atoms with Crippen molar-refractivity contribution in [1.82, 2.24) is 0 Å². The summed E-state index contributed by atoms with van der Waals surface area (Å²) in [5.74, 6) is -4.20. The van der Waals surface area contributed by atoms with Gasteiger partial charge in [0.25, 0.3) is 0 Å². The highest BCUT2D eigenvalue weighted by Crippen LogP contribution is 2.23. The van der Waals surface area contributed by atoms with Crippen LogP contribution in [0.5, 0.6) is 5.75 Å². The van der Waals surface area contributed by atoms with Crippen LogP contribution in [0, 0.1) is 17.6 Å². The summed E-state index contributed by atoms with van der Waals surface area (Å²) in [4.78, 5) is 23.1. The third-order valence-corrected chi connectivity index (χ3v) is 2.82. The molecule has 0 fully saturated rings. The molecule has 1 aromatic rings. The SMILES string of the molecule is CCOC(=O)C(Cc1c(F)cc(OC)cc1F)C(C)=O. The summed E-state index contributed by atoms with van der Waals surface area (Å²) in [7, 11) is 1.28. The Kier molecular flexibility index (Phi) is 5.61. The molecule has 20 heavy (non-hydrogen) atoms. The van der Waals surface area contributed by atoms with Gasteiger partial charge in [-0.05, 0) is 20.3 Å². The summed E-state index contributed by atoms with van der Waals surface area (Å²) in [6.07, 6.45) is -0.379. The van der Waals surface area contributed by atoms with Crippen LogP contribution in [0.4, 0.5) is 8.78 Å². The Hall–Kier alpha value is -1.98. The maximum atomic E-state index is 13.8. The first-order valence-corrected chi connectivity index (χ1v) is 6.09. The Bertz CT molecular complexity index is 491. The van der Waals surface area contributed by atoms with Crippen molar-refractivity contribution in [3.05, 3.63) is 29.3 Å². The molecular formula is C14H16F2O4. The number of methoxy groups -OCH3 is 1. The van der Waals surface area contributed by atoms with E-state index in [1.165, 1.54) is 14.0 Å². The largest absolute Gasteiger partial charge is 0.497 e. The van der Waals surface area contributed by atoms with Gasteiger partial charge in [-0.25, -0.2) is 8.78 Å². The summed E-state index contributed by atoms with van der Waals surface area (Å²) < 4.78 is 37.0.